The third-order valence-electron chi connectivity index (χ3n) is 3.70. The van der Waals surface area contributed by atoms with Crippen LogP contribution in [0.4, 0.5) is 0 Å². The summed E-state index contributed by atoms with van der Waals surface area (Å²) in [6, 6.07) is 15.7. The molecule has 0 saturated carbocycles. The standard InChI is InChI=1S/C19H18ClN3OS/c20-17-7-3-1-6-16(17)12-25-13-19(24)22-11-15-5-2-4-8-18(15)23-10-9-21-14-23/h1-10,14H,11-13H2,(H,22,24). The van der Waals surface area contributed by atoms with Gasteiger partial charge in [0, 0.05) is 29.7 Å². The van der Waals surface area contributed by atoms with Gasteiger partial charge in [-0.1, -0.05) is 48.0 Å². The molecule has 6 heteroatoms. The molecule has 0 aliphatic rings. The molecule has 0 bridgehead atoms. The molecule has 0 aliphatic heterocycles. The number of halogens is 1. The molecule has 128 valence electrons. The summed E-state index contributed by atoms with van der Waals surface area (Å²) in [5, 5.41) is 3.72. The number of para-hydroxylation sites is 1. The van der Waals surface area contributed by atoms with Gasteiger partial charge in [-0.05, 0) is 23.3 Å². The van der Waals surface area contributed by atoms with Gasteiger partial charge in [0.05, 0.1) is 17.8 Å². The van der Waals surface area contributed by atoms with Gasteiger partial charge in [-0.15, -0.1) is 11.8 Å². The molecular formula is C19H18ClN3OS. The highest BCUT2D eigenvalue weighted by molar-refractivity contribution is 7.99. The van der Waals surface area contributed by atoms with Crippen LogP contribution in [0.2, 0.25) is 5.02 Å². The first-order valence-corrected chi connectivity index (χ1v) is 9.41. The maximum absolute atomic E-state index is 12.1. The molecule has 0 fully saturated rings. The van der Waals surface area contributed by atoms with E-state index < -0.39 is 0 Å². The zero-order chi connectivity index (χ0) is 17.5. The van der Waals surface area contributed by atoms with Gasteiger partial charge in [-0.2, -0.15) is 0 Å². The summed E-state index contributed by atoms with van der Waals surface area (Å²) in [6.45, 7) is 0.486. The quantitative estimate of drug-likeness (QED) is 0.680. The van der Waals surface area contributed by atoms with Gasteiger partial charge in [0.1, 0.15) is 0 Å². The number of hydrogen-bond donors (Lipinski definition) is 1. The molecule has 25 heavy (non-hydrogen) atoms. The second-order valence-electron chi connectivity index (χ2n) is 5.46. The highest BCUT2D eigenvalue weighted by Gasteiger charge is 2.07. The van der Waals surface area contributed by atoms with E-state index in [-0.39, 0.29) is 5.91 Å². The molecule has 1 N–H and O–H groups in total. The average Bonchev–Trinajstić information content (AvgIpc) is 3.16. The third-order valence-corrected chi connectivity index (χ3v) is 5.05. The Morgan fingerprint density at radius 2 is 1.88 bits per heavy atom. The molecule has 4 nitrogen and oxygen atoms in total. The second kappa shape index (κ2) is 8.74. The lowest BCUT2D eigenvalue weighted by Crippen LogP contribution is -2.25. The predicted molar refractivity (Wildman–Crippen MR) is 103 cm³/mol. The number of carbonyl (C=O) groups is 1. The molecular weight excluding hydrogens is 354 g/mol. The smallest absolute Gasteiger partial charge is 0.230 e. The topological polar surface area (TPSA) is 46.9 Å². The summed E-state index contributed by atoms with van der Waals surface area (Å²) in [7, 11) is 0. The first-order valence-electron chi connectivity index (χ1n) is 7.88. The van der Waals surface area contributed by atoms with Crippen LogP contribution in [0, 0.1) is 0 Å². The highest BCUT2D eigenvalue weighted by atomic mass is 35.5. The second-order valence-corrected chi connectivity index (χ2v) is 6.85. The van der Waals surface area contributed by atoms with E-state index in [0.29, 0.717) is 12.3 Å². The van der Waals surface area contributed by atoms with Crippen LogP contribution < -0.4 is 5.32 Å². The van der Waals surface area contributed by atoms with Crippen LogP contribution >= 0.6 is 23.4 Å². The molecule has 1 amide bonds. The van der Waals surface area contributed by atoms with Gasteiger partial charge >= 0.3 is 0 Å². The zero-order valence-corrected chi connectivity index (χ0v) is 15.1. The Morgan fingerprint density at radius 3 is 2.64 bits per heavy atom. The van der Waals surface area contributed by atoms with Crippen LogP contribution in [-0.2, 0) is 17.1 Å². The van der Waals surface area contributed by atoms with Crippen molar-refractivity contribution in [1.82, 2.24) is 14.9 Å². The lowest BCUT2D eigenvalue weighted by Gasteiger charge is -2.11. The van der Waals surface area contributed by atoms with E-state index in [4.69, 9.17) is 11.6 Å². The summed E-state index contributed by atoms with van der Waals surface area (Å²) in [5.41, 5.74) is 3.11. The van der Waals surface area contributed by atoms with Crippen molar-refractivity contribution in [2.45, 2.75) is 12.3 Å². The van der Waals surface area contributed by atoms with Crippen LogP contribution in [0.5, 0.6) is 0 Å². The molecule has 0 unspecified atom stereocenters. The maximum atomic E-state index is 12.1. The first kappa shape index (κ1) is 17.6. The summed E-state index contributed by atoms with van der Waals surface area (Å²) >= 11 is 7.68. The van der Waals surface area contributed by atoms with Crippen molar-refractivity contribution in [2.24, 2.45) is 0 Å². The van der Waals surface area contributed by atoms with Crippen LogP contribution in [0.15, 0.2) is 67.3 Å². The van der Waals surface area contributed by atoms with E-state index in [2.05, 4.69) is 10.3 Å². The number of imidazole rings is 1. The molecule has 0 aliphatic carbocycles. The minimum atomic E-state index is 0.0116. The normalized spacial score (nSPS) is 10.6. The van der Waals surface area contributed by atoms with Crippen LogP contribution in [0.1, 0.15) is 11.1 Å². The number of nitrogens with one attached hydrogen (secondary N) is 1. The summed E-state index contributed by atoms with van der Waals surface area (Å²) in [6.07, 6.45) is 5.38. The highest BCUT2D eigenvalue weighted by Crippen LogP contribution is 2.20. The van der Waals surface area contributed by atoms with E-state index in [1.807, 2.05) is 59.3 Å². The fraction of sp³-hybridized carbons (Fsp3) is 0.158. The molecule has 3 rings (SSSR count). The van der Waals surface area contributed by atoms with Gasteiger partial charge in [-0.25, -0.2) is 4.98 Å². The average molecular weight is 372 g/mol. The third kappa shape index (κ3) is 4.87. The van der Waals surface area contributed by atoms with Crippen LogP contribution in [0.25, 0.3) is 5.69 Å². The lowest BCUT2D eigenvalue weighted by atomic mass is 10.1. The van der Waals surface area contributed by atoms with E-state index in [9.17, 15) is 4.79 Å². The fourth-order valence-electron chi connectivity index (χ4n) is 2.43. The Balaban J connectivity index is 1.51. The molecule has 3 aromatic rings. The molecule has 2 aromatic carbocycles. The van der Waals surface area contributed by atoms with Crippen molar-refractivity contribution < 1.29 is 4.79 Å². The van der Waals surface area contributed by atoms with Crippen LogP contribution in [0.3, 0.4) is 0 Å². The number of hydrogen-bond acceptors (Lipinski definition) is 3. The number of thioether (sulfide) groups is 1. The molecule has 0 saturated heterocycles. The Morgan fingerprint density at radius 1 is 1.12 bits per heavy atom. The molecule has 0 spiro atoms. The Kier molecular flexibility index (Phi) is 6.14. The van der Waals surface area contributed by atoms with E-state index in [1.54, 1.807) is 24.3 Å². The van der Waals surface area contributed by atoms with Crippen molar-refractivity contribution in [3.05, 3.63) is 83.4 Å². The number of rotatable bonds is 7. The molecule has 1 heterocycles. The van der Waals surface area contributed by atoms with E-state index in [0.717, 1.165) is 27.6 Å². The Bertz CT molecular complexity index is 836. The summed E-state index contributed by atoms with van der Waals surface area (Å²) in [5.74, 6) is 1.13. The van der Waals surface area contributed by atoms with Gasteiger partial charge in [0.25, 0.3) is 0 Å². The minimum absolute atomic E-state index is 0.0116. The fourth-order valence-corrected chi connectivity index (χ4v) is 3.57. The van der Waals surface area contributed by atoms with Crippen molar-refractivity contribution in [3.8, 4) is 5.69 Å². The monoisotopic (exact) mass is 371 g/mol. The van der Waals surface area contributed by atoms with Gasteiger partial charge in [0.2, 0.25) is 5.91 Å². The van der Waals surface area contributed by atoms with Gasteiger partial charge in [-0.3, -0.25) is 4.79 Å². The minimum Gasteiger partial charge on any atom is -0.351 e. The number of nitrogens with zero attached hydrogens (tertiary/aromatic N) is 2. The summed E-state index contributed by atoms with van der Waals surface area (Å²) < 4.78 is 1.94. The largest absolute Gasteiger partial charge is 0.351 e. The Labute approximate surface area is 156 Å². The number of benzene rings is 2. The first-order chi connectivity index (χ1) is 12.2. The number of amides is 1. The predicted octanol–water partition coefficient (Wildman–Crippen LogP) is 4.08. The summed E-state index contributed by atoms with van der Waals surface area (Å²) in [4.78, 5) is 16.2. The Hall–Kier alpha value is -2.24. The van der Waals surface area contributed by atoms with E-state index >= 15 is 0 Å². The lowest BCUT2D eigenvalue weighted by molar-refractivity contribution is -0.118. The zero-order valence-electron chi connectivity index (χ0n) is 13.6. The van der Waals surface area contributed by atoms with Crippen molar-refractivity contribution in [2.75, 3.05) is 5.75 Å². The van der Waals surface area contributed by atoms with Crippen molar-refractivity contribution >= 4 is 29.3 Å². The molecule has 0 atom stereocenters. The molecule has 0 radical (unpaired) electrons. The van der Waals surface area contributed by atoms with Gasteiger partial charge < -0.3 is 9.88 Å². The SMILES string of the molecule is O=C(CSCc1ccccc1Cl)NCc1ccccc1-n1ccnc1. The van der Waals surface area contributed by atoms with E-state index in [1.165, 1.54) is 0 Å². The molecule has 1 aromatic heterocycles. The van der Waals surface area contributed by atoms with Crippen molar-refractivity contribution in [1.29, 1.82) is 0 Å². The number of carbonyl (C=O) groups excluding carboxylic acids is 1. The number of aromatic nitrogens is 2. The van der Waals surface area contributed by atoms with Crippen LogP contribution in [-0.4, -0.2) is 21.2 Å². The van der Waals surface area contributed by atoms with Gasteiger partial charge in [0.15, 0.2) is 0 Å². The maximum Gasteiger partial charge on any atom is 0.230 e. The van der Waals surface area contributed by atoms with Crippen molar-refractivity contribution in [3.63, 3.8) is 0 Å².